The van der Waals surface area contributed by atoms with Gasteiger partial charge >= 0.3 is 0 Å². The largest absolute Gasteiger partial charge is 0.504 e. The van der Waals surface area contributed by atoms with E-state index in [9.17, 15) is 25.4 Å². The molecule has 4 N–H and O–H groups in total. The average molecular weight is 311 g/mol. The first-order valence-electron chi connectivity index (χ1n) is 5.80. The Hall–Kier alpha value is -2.67. The van der Waals surface area contributed by atoms with Crippen LogP contribution < -0.4 is 5.32 Å². The van der Waals surface area contributed by atoms with E-state index >= 15 is 0 Å². The second-order valence-corrected chi connectivity index (χ2v) is 4.65. The molecule has 0 aliphatic carbocycles. The zero-order valence-corrected chi connectivity index (χ0v) is 11.3. The molecule has 0 unspecified atom stereocenters. The van der Waals surface area contributed by atoms with Crippen molar-refractivity contribution in [1.82, 2.24) is 0 Å². The molecule has 2 rings (SSSR count). The van der Waals surface area contributed by atoms with Crippen molar-refractivity contribution in [3.63, 3.8) is 0 Å². The monoisotopic (exact) mass is 310 g/mol. The summed E-state index contributed by atoms with van der Waals surface area (Å²) in [7, 11) is 0. The molecule has 0 aromatic heterocycles. The van der Waals surface area contributed by atoms with E-state index in [0.717, 1.165) is 0 Å². The van der Waals surface area contributed by atoms with Crippen molar-refractivity contribution in [3.8, 4) is 17.2 Å². The Morgan fingerprint density at radius 1 is 1.14 bits per heavy atom. The van der Waals surface area contributed by atoms with Gasteiger partial charge in [-0.1, -0.05) is 11.6 Å². The minimum atomic E-state index is -0.639. The van der Waals surface area contributed by atoms with Crippen LogP contribution in [0.3, 0.4) is 0 Å². The molecule has 0 heterocycles. The third-order valence-electron chi connectivity index (χ3n) is 2.84. The molecule has 0 radical (unpaired) electrons. The maximum atomic E-state index is 10.9. The highest BCUT2D eigenvalue weighted by Gasteiger charge is 2.16. The number of nitro groups is 1. The molecule has 0 saturated heterocycles. The molecule has 0 spiro atoms. The molecule has 0 fully saturated rings. The van der Waals surface area contributed by atoms with Gasteiger partial charge in [0.15, 0.2) is 11.5 Å². The second kappa shape index (κ2) is 5.76. The van der Waals surface area contributed by atoms with Gasteiger partial charge in [-0.3, -0.25) is 10.1 Å². The number of rotatable bonds is 4. The van der Waals surface area contributed by atoms with Gasteiger partial charge in [0.1, 0.15) is 5.69 Å². The minimum Gasteiger partial charge on any atom is -0.504 e. The van der Waals surface area contributed by atoms with Gasteiger partial charge in [-0.2, -0.15) is 0 Å². The van der Waals surface area contributed by atoms with E-state index in [1.165, 1.54) is 30.3 Å². The number of hydrogen-bond donors (Lipinski definition) is 4. The Kier molecular flexibility index (Phi) is 4.04. The van der Waals surface area contributed by atoms with Crippen molar-refractivity contribution in [3.05, 3.63) is 51.0 Å². The van der Waals surface area contributed by atoms with Crippen LogP contribution in [0, 0.1) is 10.1 Å². The fraction of sp³-hybridized carbons (Fsp3) is 0.0769. The second-order valence-electron chi connectivity index (χ2n) is 4.21. The number of nitrogens with zero attached hydrogens (tertiary/aromatic N) is 1. The predicted molar refractivity (Wildman–Crippen MR) is 76.9 cm³/mol. The Morgan fingerprint density at radius 2 is 1.86 bits per heavy atom. The lowest BCUT2D eigenvalue weighted by Crippen LogP contribution is -2.03. The van der Waals surface area contributed by atoms with Gasteiger partial charge < -0.3 is 20.6 Å². The highest BCUT2D eigenvalue weighted by Crippen LogP contribution is 2.37. The molecular formula is C13H11ClN2O5. The van der Waals surface area contributed by atoms with Crippen LogP contribution in [0.15, 0.2) is 30.3 Å². The molecular weight excluding hydrogens is 300 g/mol. The van der Waals surface area contributed by atoms with Gasteiger partial charge in [0.2, 0.25) is 5.75 Å². The van der Waals surface area contributed by atoms with Crippen LogP contribution in [-0.4, -0.2) is 20.2 Å². The summed E-state index contributed by atoms with van der Waals surface area (Å²) >= 11 is 5.71. The Balaban J connectivity index is 2.25. The first-order chi connectivity index (χ1) is 9.90. The number of phenolic OH excluding ortho intramolecular Hbond substituents is 3. The van der Waals surface area contributed by atoms with Crippen LogP contribution in [-0.2, 0) is 6.54 Å². The highest BCUT2D eigenvalue weighted by atomic mass is 35.5. The molecule has 0 aliphatic heterocycles. The van der Waals surface area contributed by atoms with E-state index < -0.39 is 22.2 Å². The fourth-order valence-electron chi connectivity index (χ4n) is 1.75. The lowest BCUT2D eigenvalue weighted by atomic mass is 10.1. The average Bonchev–Trinajstić information content (AvgIpc) is 2.45. The molecule has 7 nitrogen and oxygen atoms in total. The number of halogens is 1. The van der Waals surface area contributed by atoms with Crippen molar-refractivity contribution in [1.29, 1.82) is 0 Å². The van der Waals surface area contributed by atoms with Crippen molar-refractivity contribution in [2.45, 2.75) is 6.54 Å². The summed E-state index contributed by atoms with van der Waals surface area (Å²) in [6, 6.07) is 6.74. The normalized spacial score (nSPS) is 10.3. The smallest absolute Gasteiger partial charge is 0.293 e. The van der Waals surface area contributed by atoms with E-state index in [1.807, 2.05) is 0 Å². The number of aromatic hydroxyl groups is 3. The highest BCUT2D eigenvalue weighted by molar-refractivity contribution is 6.30. The molecule has 0 atom stereocenters. The van der Waals surface area contributed by atoms with E-state index in [4.69, 9.17) is 11.6 Å². The van der Waals surface area contributed by atoms with Crippen molar-refractivity contribution in [2.24, 2.45) is 0 Å². The van der Waals surface area contributed by atoms with Gasteiger partial charge in [-0.25, -0.2) is 0 Å². The van der Waals surface area contributed by atoms with E-state index in [0.29, 0.717) is 0 Å². The van der Waals surface area contributed by atoms with Crippen molar-refractivity contribution >= 4 is 23.0 Å². The third kappa shape index (κ3) is 3.09. The van der Waals surface area contributed by atoms with Crippen LogP contribution in [0.2, 0.25) is 5.02 Å². The van der Waals surface area contributed by atoms with Gasteiger partial charge in [-0.15, -0.1) is 0 Å². The maximum Gasteiger partial charge on any atom is 0.293 e. The summed E-state index contributed by atoms with van der Waals surface area (Å²) < 4.78 is 0. The lowest BCUT2D eigenvalue weighted by molar-refractivity contribution is -0.383. The van der Waals surface area contributed by atoms with Gasteiger partial charge in [0.05, 0.1) is 4.92 Å². The minimum absolute atomic E-state index is 0.0160. The number of hydrogen-bond acceptors (Lipinski definition) is 6. The molecule has 2 aromatic rings. The van der Waals surface area contributed by atoms with Gasteiger partial charge in [-0.05, 0) is 24.3 Å². The topological polar surface area (TPSA) is 116 Å². The predicted octanol–water partition coefficient (Wildman–Crippen LogP) is 2.98. The quantitative estimate of drug-likeness (QED) is 0.392. The van der Waals surface area contributed by atoms with Crippen LogP contribution >= 0.6 is 11.6 Å². The standard InChI is InChI=1S/C13H11ClN2O5/c14-8-2-3-9(10(5-8)16(20)21)15-6-7-1-4-11(17)13(19)12(7)18/h1-5,15,17-19H,6H2. The third-order valence-corrected chi connectivity index (χ3v) is 3.07. The van der Waals surface area contributed by atoms with Gasteiger partial charge in [0, 0.05) is 23.2 Å². The van der Waals surface area contributed by atoms with Crippen LogP contribution in [0.5, 0.6) is 17.2 Å². The number of phenols is 3. The number of benzene rings is 2. The molecule has 0 aliphatic rings. The molecule has 8 heteroatoms. The van der Waals surface area contributed by atoms with Crippen molar-refractivity contribution in [2.75, 3.05) is 5.32 Å². The number of anilines is 1. The van der Waals surface area contributed by atoms with Gasteiger partial charge in [0.25, 0.3) is 5.69 Å². The Bertz CT molecular complexity index is 705. The van der Waals surface area contributed by atoms with Crippen LogP contribution in [0.25, 0.3) is 0 Å². The summed E-state index contributed by atoms with van der Waals surface area (Å²) in [5.41, 5.74) is 0.288. The first kappa shape index (κ1) is 14.7. The van der Waals surface area contributed by atoms with E-state index in [1.54, 1.807) is 0 Å². The molecule has 110 valence electrons. The summed E-state index contributed by atoms with van der Waals surface area (Å²) in [4.78, 5) is 10.4. The lowest BCUT2D eigenvalue weighted by Gasteiger charge is -2.10. The first-order valence-corrected chi connectivity index (χ1v) is 6.18. The molecule has 0 saturated carbocycles. The summed E-state index contributed by atoms with van der Waals surface area (Å²) in [5.74, 6) is -1.58. The summed E-state index contributed by atoms with van der Waals surface area (Å²) in [6.07, 6.45) is 0. The number of nitrogens with one attached hydrogen (secondary N) is 1. The molecule has 2 aromatic carbocycles. The number of nitro benzene ring substituents is 1. The van der Waals surface area contributed by atoms with Crippen LogP contribution in [0.4, 0.5) is 11.4 Å². The zero-order valence-electron chi connectivity index (χ0n) is 10.6. The molecule has 21 heavy (non-hydrogen) atoms. The SMILES string of the molecule is O=[N+]([O-])c1cc(Cl)ccc1NCc1ccc(O)c(O)c1O. The summed E-state index contributed by atoms with van der Waals surface area (Å²) in [5, 5.41) is 42.2. The van der Waals surface area contributed by atoms with E-state index in [2.05, 4.69) is 5.32 Å². The Labute approximate surface area is 124 Å². The van der Waals surface area contributed by atoms with Crippen molar-refractivity contribution < 1.29 is 20.2 Å². The molecule has 0 bridgehead atoms. The fourth-order valence-corrected chi connectivity index (χ4v) is 1.92. The van der Waals surface area contributed by atoms with E-state index in [-0.39, 0.29) is 28.5 Å². The zero-order chi connectivity index (χ0) is 15.6. The maximum absolute atomic E-state index is 10.9. The van der Waals surface area contributed by atoms with Crippen LogP contribution in [0.1, 0.15) is 5.56 Å². The summed E-state index contributed by atoms with van der Waals surface area (Å²) in [6.45, 7) is 0.0160. The Morgan fingerprint density at radius 3 is 2.52 bits per heavy atom. The molecule has 0 amide bonds.